The van der Waals surface area contributed by atoms with Crippen LogP contribution in [0.2, 0.25) is 0 Å². The van der Waals surface area contributed by atoms with Crippen LogP contribution in [0.5, 0.6) is 17.2 Å². The minimum absolute atomic E-state index is 0.177. The molecular weight excluding hydrogens is 421 g/mol. The van der Waals surface area contributed by atoms with Crippen molar-refractivity contribution in [3.05, 3.63) is 51.6 Å². The van der Waals surface area contributed by atoms with Gasteiger partial charge in [0.1, 0.15) is 5.75 Å². The van der Waals surface area contributed by atoms with E-state index in [2.05, 4.69) is 27.9 Å². The third kappa shape index (κ3) is 5.02. The number of hydrogen-bond donors (Lipinski definition) is 1. The zero-order valence-corrected chi connectivity index (χ0v) is 16.0. The Kier molecular flexibility index (Phi) is 6.72. The van der Waals surface area contributed by atoms with Crippen LogP contribution < -0.4 is 19.5 Å². The van der Waals surface area contributed by atoms with E-state index < -0.39 is 6.10 Å². The number of halogens is 1. The number of benzene rings is 2. The summed E-state index contributed by atoms with van der Waals surface area (Å²) in [6.07, 6.45) is -0.580. The maximum Gasteiger partial charge on any atom is 0.261 e. The SMILES string of the molecule is COc1ccc(CNC(=O)[C@@H](C)Oc2cccc(I)c2)cc1OC. The molecule has 24 heavy (non-hydrogen) atoms. The summed E-state index contributed by atoms with van der Waals surface area (Å²) < 4.78 is 17.2. The van der Waals surface area contributed by atoms with Gasteiger partial charge in [-0.2, -0.15) is 0 Å². The first-order chi connectivity index (χ1) is 11.5. The first-order valence-electron chi connectivity index (χ1n) is 7.44. The van der Waals surface area contributed by atoms with E-state index in [1.54, 1.807) is 21.1 Å². The number of amides is 1. The quantitative estimate of drug-likeness (QED) is 0.670. The molecular formula is C18H20INO4. The number of carbonyl (C=O) groups is 1. The van der Waals surface area contributed by atoms with E-state index in [-0.39, 0.29) is 5.91 Å². The van der Waals surface area contributed by atoms with Crippen LogP contribution in [-0.4, -0.2) is 26.2 Å². The molecule has 0 aliphatic heterocycles. The third-order valence-corrected chi connectivity index (χ3v) is 4.06. The van der Waals surface area contributed by atoms with Gasteiger partial charge in [0.05, 0.1) is 14.2 Å². The standard InChI is InChI=1S/C18H20INO4/c1-12(24-15-6-4-5-14(19)10-15)18(21)20-11-13-7-8-16(22-2)17(9-13)23-3/h4-10,12H,11H2,1-3H3,(H,20,21)/t12-/m1/s1. The van der Waals surface area contributed by atoms with E-state index in [4.69, 9.17) is 14.2 Å². The number of ether oxygens (including phenoxy) is 3. The summed E-state index contributed by atoms with van der Waals surface area (Å²) >= 11 is 2.20. The molecule has 0 spiro atoms. The number of carbonyl (C=O) groups excluding carboxylic acids is 1. The second kappa shape index (κ2) is 8.77. The summed E-state index contributed by atoms with van der Waals surface area (Å²) in [6.45, 7) is 2.11. The van der Waals surface area contributed by atoms with E-state index in [1.165, 1.54) is 0 Å². The van der Waals surface area contributed by atoms with Gasteiger partial charge in [-0.1, -0.05) is 12.1 Å². The average molecular weight is 441 g/mol. The largest absolute Gasteiger partial charge is 0.493 e. The Morgan fingerprint density at radius 3 is 2.54 bits per heavy atom. The Bertz CT molecular complexity index is 705. The smallest absolute Gasteiger partial charge is 0.261 e. The molecule has 2 aromatic carbocycles. The van der Waals surface area contributed by atoms with Crippen LogP contribution in [-0.2, 0) is 11.3 Å². The van der Waals surface area contributed by atoms with E-state index >= 15 is 0 Å². The highest BCUT2D eigenvalue weighted by Crippen LogP contribution is 2.27. The van der Waals surface area contributed by atoms with E-state index in [1.807, 2.05) is 42.5 Å². The van der Waals surface area contributed by atoms with Gasteiger partial charge in [0.25, 0.3) is 5.91 Å². The summed E-state index contributed by atoms with van der Waals surface area (Å²) in [6, 6.07) is 13.1. The second-order valence-corrected chi connectivity index (χ2v) is 6.37. The highest BCUT2D eigenvalue weighted by Gasteiger charge is 2.15. The molecule has 1 amide bonds. The molecule has 0 saturated heterocycles. The molecule has 0 radical (unpaired) electrons. The van der Waals surface area contributed by atoms with Gasteiger partial charge in [-0.15, -0.1) is 0 Å². The van der Waals surface area contributed by atoms with Crippen molar-refractivity contribution in [2.75, 3.05) is 14.2 Å². The molecule has 128 valence electrons. The average Bonchev–Trinajstić information content (AvgIpc) is 2.59. The normalized spacial score (nSPS) is 11.5. The molecule has 1 atom stereocenters. The molecule has 0 fully saturated rings. The summed E-state index contributed by atoms with van der Waals surface area (Å²) in [4.78, 5) is 12.2. The molecule has 0 bridgehead atoms. The van der Waals surface area contributed by atoms with Crippen molar-refractivity contribution >= 4 is 28.5 Å². The van der Waals surface area contributed by atoms with Gasteiger partial charge in [0.15, 0.2) is 17.6 Å². The van der Waals surface area contributed by atoms with Crippen LogP contribution in [0.4, 0.5) is 0 Å². The van der Waals surface area contributed by atoms with Gasteiger partial charge in [0.2, 0.25) is 0 Å². The monoisotopic (exact) mass is 441 g/mol. The lowest BCUT2D eigenvalue weighted by Crippen LogP contribution is -2.35. The Morgan fingerprint density at radius 1 is 1.12 bits per heavy atom. The summed E-state index contributed by atoms with van der Waals surface area (Å²) in [7, 11) is 3.17. The van der Waals surface area contributed by atoms with Crippen molar-refractivity contribution in [3.63, 3.8) is 0 Å². The molecule has 0 aromatic heterocycles. The zero-order chi connectivity index (χ0) is 17.5. The molecule has 5 nitrogen and oxygen atoms in total. The van der Waals surface area contributed by atoms with E-state index in [9.17, 15) is 4.79 Å². The summed E-state index contributed by atoms with van der Waals surface area (Å²) in [5.41, 5.74) is 0.919. The third-order valence-electron chi connectivity index (χ3n) is 3.39. The fourth-order valence-electron chi connectivity index (χ4n) is 2.12. The van der Waals surface area contributed by atoms with Crippen LogP contribution in [0, 0.1) is 3.57 Å². The molecule has 0 unspecified atom stereocenters. The minimum Gasteiger partial charge on any atom is -0.493 e. The van der Waals surface area contributed by atoms with E-state index in [0.29, 0.717) is 23.8 Å². The Hall–Kier alpha value is -1.96. The highest BCUT2D eigenvalue weighted by molar-refractivity contribution is 14.1. The van der Waals surface area contributed by atoms with Gasteiger partial charge in [-0.05, 0) is 65.4 Å². The molecule has 0 aliphatic rings. The topological polar surface area (TPSA) is 56.8 Å². The Morgan fingerprint density at radius 2 is 1.88 bits per heavy atom. The number of methoxy groups -OCH3 is 2. The molecule has 2 aromatic rings. The van der Waals surface area contributed by atoms with Crippen LogP contribution in [0.3, 0.4) is 0 Å². The predicted octanol–water partition coefficient (Wildman–Crippen LogP) is 3.39. The first-order valence-corrected chi connectivity index (χ1v) is 8.52. The van der Waals surface area contributed by atoms with Crippen molar-refractivity contribution in [1.29, 1.82) is 0 Å². The lowest BCUT2D eigenvalue weighted by atomic mass is 10.2. The van der Waals surface area contributed by atoms with Crippen LogP contribution in [0.25, 0.3) is 0 Å². The zero-order valence-electron chi connectivity index (χ0n) is 13.8. The van der Waals surface area contributed by atoms with Crippen molar-refractivity contribution in [1.82, 2.24) is 5.32 Å². The van der Waals surface area contributed by atoms with Crippen molar-refractivity contribution < 1.29 is 19.0 Å². The lowest BCUT2D eigenvalue weighted by Gasteiger charge is -2.15. The lowest BCUT2D eigenvalue weighted by molar-refractivity contribution is -0.127. The highest BCUT2D eigenvalue weighted by atomic mass is 127. The number of nitrogens with one attached hydrogen (secondary N) is 1. The number of rotatable bonds is 7. The fraction of sp³-hybridized carbons (Fsp3) is 0.278. The van der Waals surface area contributed by atoms with Crippen LogP contribution >= 0.6 is 22.6 Å². The van der Waals surface area contributed by atoms with Crippen molar-refractivity contribution in [3.8, 4) is 17.2 Å². The van der Waals surface area contributed by atoms with Gasteiger partial charge >= 0.3 is 0 Å². The fourth-order valence-corrected chi connectivity index (χ4v) is 2.64. The molecule has 6 heteroatoms. The van der Waals surface area contributed by atoms with Gasteiger partial charge in [-0.25, -0.2) is 0 Å². The van der Waals surface area contributed by atoms with Crippen LogP contribution in [0.15, 0.2) is 42.5 Å². The Balaban J connectivity index is 1.92. The van der Waals surface area contributed by atoms with Gasteiger partial charge in [0, 0.05) is 10.1 Å². The van der Waals surface area contributed by atoms with Gasteiger partial charge < -0.3 is 19.5 Å². The molecule has 0 aliphatic carbocycles. The minimum atomic E-state index is -0.580. The van der Waals surface area contributed by atoms with Crippen LogP contribution in [0.1, 0.15) is 12.5 Å². The van der Waals surface area contributed by atoms with Crippen molar-refractivity contribution in [2.45, 2.75) is 19.6 Å². The first kappa shape index (κ1) is 18.4. The van der Waals surface area contributed by atoms with E-state index in [0.717, 1.165) is 9.13 Å². The molecule has 0 saturated carbocycles. The maximum atomic E-state index is 12.2. The summed E-state index contributed by atoms with van der Waals surface area (Å²) in [5.74, 6) is 1.79. The Labute approximate surface area is 155 Å². The van der Waals surface area contributed by atoms with Gasteiger partial charge in [-0.3, -0.25) is 4.79 Å². The maximum absolute atomic E-state index is 12.2. The molecule has 1 N–H and O–H groups in total. The van der Waals surface area contributed by atoms with Crippen molar-refractivity contribution in [2.24, 2.45) is 0 Å². The molecule has 2 rings (SSSR count). The number of hydrogen-bond acceptors (Lipinski definition) is 4. The predicted molar refractivity (Wildman–Crippen MR) is 101 cm³/mol. The second-order valence-electron chi connectivity index (χ2n) is 5.12. The molecule has 0 heterocycles. The summed E-state index contributed by atoms with van der Waals surface area (Å²) in [5, 5.41) is 2.86.